The summed E-state index contributed by atoms with van der Waals surface area (Å²) in [7, 11) is 1.50. The van der Waals surface area contributed by atoms with Crippen LogP contribution in [0.25, 0.3) is 0 Å². The Morgan fingerprint density at radius 2 is 1.96 bits per heavy atom. The van der Waals surface area contributed by atoms with Crippen molar-refractivity contribution in [1.82, 2.24) is 5.16 Å². The number of aromatic nitrogens is 1. The average molecular weight is 349 g/mol. The summed E-state index contributed by atoms with van der Waals surface area (Å²) < 4.78 is 47.2. The highest BCUT2D eigenvalue weighted by Crippen LogP contribution is 2.34. The highest BCUT2D eigenvalue weighted by atomic mass is 35.5. The summed E-state index contributed by atoms with van der Waals surface area (Å²) in [5.41, 5.74) is -0.918. The van der Waals surface area contributed by atoms with Gasteiger partial charge in [0.25, 0.3) is 5.91 Å². The zero-order valence-corrected chi connectivity index (χ0v) is 12.9. The fourth-order valence-corrected chi connectivity index (χ4v) is 1.88. The Morgan fingerprint density at radius 3 is 2.48 bits per heavy atom. The van der Waals surface area contributed by atoms with Gasteiger partial charge in [0.2, 0.25) is 0 Å². The molecule has 0 saturated heterocycles. The van der Waals surface area contributed by atoms with Gasteiger partial charge < -0.3 is 14.2 Å². The summed E-state index contributed by atoms with van der Waals surface area (Å²) in [5.74, 6) is -0.910. The van der Waals surface area contributed by atoms with Crippen LogP contribution in [0.2, 0.25) is 5.02 Å². The molecule has 23 heavy (non-hydrogen) atoms. The number of hydrogen-bond acceptors (Lipinski definition) is 4. The SMILES string of the molecule is Cc1c(C(F)(F)F)noc1OCC(=O)N(C)c1ccc(Cl)cc1. The van der Waals surface area contributed by atoms with Gasteiger partial charge in [-0.1, -0.05) is 16.8 Å². The van der Waals surface area contributed by atoms with Crippen LogP contribution in [0.4, 0.5) is 18.9 Å². The van der Waals surface area contributed by atoms with Gasteiger partial charge in [-0.2, -0.15) is 13.2 Å². The number of anilines is 1. The third-order valence-electron chi connectivity index (χ3n) is 3.06. The number of rotatable bonds is 4. The van der Waals surface area contributed by atoms with E-state index in [2.05, 4.69) is 9.68 Å². The molecule has 1 aromatic carbocycles. The van der Waals surface area contributed by atoms with Crippen LogP contribution in [-0.2, 0) is 11.0 Å². The fraction of sp³-hybridized carbons (Fsp3) is 0.286. The lowest BCUT2D eigenvalue weighted by atomic mass is 10.2. The zero-order chi connectivity index (χ0) is 17.2. The van der Waals surface area contributed by atoms with Gasteiger partial charge in [-0.25, -0.2) is 0 Å². The number of benzene rings is 1. The Morgan fingerprint density at radius 1 is 1.35 bits per heavy atom. The molecule has 0 aliphatic carbocycles. The molecule has 0 spiro atoms. The van der Waals surface area contributed by atoms with E-state index in [0.29, 0.717) is 10.7 Å². The molecular formula is C14H12ClF3N2O3. The molecule has 1 heterocycles. The Hall–Kier alpha value is -2.22. The van der Waals surface area contributed by atoms with Crippen LogP contribution in [0.1, 0.15) is 11.3 Å². The van der Waals surface area contributed by atoms with Crippen LogP contribution in [0.15, 0.2) is 28.8 Å². The molecule has 1 amide bonds. The predicted octanol–water partition coefficient (Wildman–Crippen LogP) is 3.70. The van der Waals surface area contributed by atoms with Gasteiger partial charge in [0.15, 0.2) is 12.3 Å². The van der Waals surface area contributed by atoms with E-state index in [1.807, 2.05) is 0 Å². The topological polar surface area (TPSA) is 55.6 Å². The van der Waals surface area contributed by atoms with Crippen molar-refractivity contribution in [3.63, 3.8) is 0 Å². The first-order valence-electron chi connectivity index (χ1n) is 6.38. The molecule has 9 heteroatoms. The monoisotopic (exact) mass is 348 g/mol. The van der Waals surface area contributed by atoms with Gasteiger partial charge in [-0.15, -0.1) is 0 Å². The Bertz CT molecular complexity index is 698. The van der Waals surface area contributed by atoms with Crippen LogP contribution in [0.3, 0.4) is 0 Å². The second kappa shape index (κ2) is 6.49. The molecule has 124 valence electrons. The van der Waals surface area contributed by atoms with Crippen molar-refractivity contribution in [3.8, 4) is 5.95 Å². The van der Waals surface area contributed by atoms with Crippen LogP contribution >= 0.6 is 11.6 Å². The Kier molecular flexibility index (Phi) is 4.84. The van der Waals surface area contributed by atoms with E-state index >= 15 is 0 Å². The number of carbonyl (C=O) groups excluding carboxylic acids is 1. The minimum atomic E-state index is -4.64. The largest absolute Gasteiger partial charge is 0.453 e. The first-order valence-corrected chi connectivity index (χ1v) is 6.76. The van der Waals surface area contributed by atoms with Gasteiger partial charge in [0.1, 0.15) is 0 Å². The zero-order valence-electron chi connectivity index (χ0n) is 12.1. The smallest absolute Gasteiger partial charge is 0.437 e. The summed E-state index contributed by atoms with van der Waals surface area (Å²) in [5, 5.41) is 3.43. The number of amides is 1. The van der Waals surface area contributed by atoms with Crippen molar-refractivity contribution < 1.29 is 27.2 Å². The Labute approximate surface area is 134 Å². The summed E-state index contributed by atoms with van der Waals surface area (Å²) in [4.78, 5) is 13.3. The van der Waals surface area contributed by atoms with Gasteiger partial charge in [0.05, 0.1) is 5.56 Å². The van der Waals surface area contributed by atoms with Crippen molar-refractivity contribution >= 4 is 23.2 Å². The average Bonchev–Trinajstić information content (AvgIpc) is 2.86. The lowest BCUT2D eigenvalue weighted by molar-refractivity contribution is -0.143. The first kappa shape index (κ1) is 17.1. The molecular weight excluding hydrogens is 337 g/mol. The number of halogens is 4. The molecule has 1 aromatic heterocycles. The molecule has 0 saturated carbocycles. The van der Waals surface area contributed by atoms with Crippen molar-refractivity contribution in [1.29, 1.82) is 0 Å². The molecule has 0 fully saturated rings. The van der Waals surface area contributed by atoms with E-state index in [1.54, 1.807) is 24.3 Å². The van der Waals surface area contributed by atoms with Crippen molar-refractivity contribution in [3.05, 3.63) is 40.5 Å². The van der Waals surface area contributed by atoms with E-state index in [1.165, 1.54) is 11.9 Å². The quantitative estimate of drug-likeness (QED) is 0.845. The molecule has 0 aliphatic rings. The highest BCUT2D eigenvalue weighted by Gasteiger charge is 2.38. The van der Waals surface area contributed by atoms with Crippen LogP contribution < -0.4 is 9.64 Å². The second-order valence-corrected chi connectivity index (χ2v) is 5.10. The van der Waals surface area contributed by atoms with Crippen molar-refractivity contribution in [2.24, 2.45) is 0 Å². The third kappa shape index (κ3) is 3.95. The number of alkyl halides is 3. The van der Waals surface area contributed by atoms with Gasteiger partial charge in [-0.05, 0) is 31.2 Å². The summed E-state index contributed by atoms with van der Waals surface area (Å²) in [6.07, 6.45) is -4.64. The van der Waals surface area contributed by atoms with E-state index < -0.39 is 30.3 Å². The maximum Gasteiger partial charge on any atom is 0.437 e. The Balaban J connectivity index is 2.02. The lowest BCUT2D eigenvalue weighted by Crippen LogP contribution is -2.31. The minimum absolute atomic E-state index is 0.306. The molecule has 0 N–H and O–H groups in total. The molecule has 5 nitrogen and oxygen atoms in total. The fourth-order valence-electron chi connectivity index (χ4n) is 1.75. The molecule has 0 unspecified atom stereocenters. The predicted molar refractivity (Wildman–Crippen MR) is 76.6 cm³/mol. The lowest BCUT2D eigenvalue weighted by Gasteiger charge is -2.17. The summed E-state index contributed by atoms with van der Waals surface area (Å²) in [6, 6.07) is 6.47. The number of hydrogen-bond donors (Lipinski definition) is 0. The molecule has 2 rings (SSSR count). The van der Waals surface area contributed by atoms with Crippen LogP contribution in [0, 0.1) is 6.92 Å². The van der Waals surface area contributed by atoms with Gasteiger partial charge in [0, 0.05) is 17.8 Å². The van der Waals surface area contributed by atoms with E-state index in [4.69, 9.17) is 16.3 Å². The van der Waals surface area contributed by atoms with E-state index in [-0.39, 0.29) is 5.56 Å². The number of ether oxygens (including phenoxy) is 1. The maximum atomic E-state index is 12.6. The van der Waals surface area contributed by atoms with Crippen LogP contribution in [-0.4, -0.2) is 24.7 Å². The molecule has 2 aromatic rings. The number of carbonyl (C=O) groups is 1. The van der Waals surface area contributed by atoms with Crippen molar-refractivity contribution in [2.45, 2.75) is 13.1 Å². The van der Waals surface area contributed by atoms with E-state index in [0.717, 1.165) is 6.92 Å². The standard InChI is InChI=1S/C14H12ClF3N2O3/c1-8-12(14(16,17)18)19-23-13(8)22-7-11(21)20(2)10-5-3-9(15)4-6-10/h3-6H,7H2,1-2H3. The summed E-state index contributed by atoms with van der Waals surface area (Å²) >= 11 is 5.75. The van der Waals surface area contributed by atoms with Gasteiger partial charge in [-0.3, -0.25) is 4.79 Å². The van der Waals surface area contributed by atoms with Crippen molar-refractivity contribution in [2.75, 3.05) is 18.6 Å². The number of likely N-dealkylation sites (N-methyl/N-ethyl adjacent to an activating group) is 1. The molecule has 0 radical (unpaired) electrons. The molecule has 0 bridgehead atoms. The second-order valence-electron chi connectivity index (χ2n) is 4.66. The molecule has 0 aliphatic heterocycles. The molecule has 0 atom stereocenters. The van der Waals surface area contributed by atoms with Crippen LogP contribution in [0.5, 0.6) is 5.95 Å². The highest BCUT2D eigenvalue weighted by molar-refractivity contribution is 6.30. The summed E-state index contributed by atoms with van der Waals surface area (Å²) in [6.45, 7) is 0.661. The first-order chi connectivity index (χ1) is 10.7. The maximum absolute atomic E-state index is 12.6. The minimum Gasteiger partial charge on any atom is -0.453 e. The van der Waals surface area contributed by atoms with Gasteiger partial charge >= 0.3 is 12.1 Å². The third-order valence-corrected chi connectivity index (χ3v) is 3.32. The normalized spacial score (nSPS) is 11.4. The number of nitrogens with zero attached hydrogens (tertiary/aromatic N) is 2. The van der Waals surface area contributed by atoms with E-state index in [9.17, 15) is 18.0 Å².